The topological polar surface area (TPSA) is 56.0 Å². The highest BCUT2D eigenvalue weighted by Crippen LogP contribution is 2.31. The van der Waals surface area contributed by atoms with Crippen molar-refractivity contribution < 1.29 is 22.5 Å². The van der Waals surface area contributed by atoms with E-state index in [4.69, 9.17) is 4.52 Å². The van der Waals surface area contributed by atoms with Gasteiger partial charge in [-0.25, -0.2) is 0 Å². The molecule has 1 aliphatic carbocycles. The van der Waals surface area contributed by atoms with Crippen LogP contribution in [0.25, 0.3) is 0 Å². The van der Waals surface area contributed by atoms with E-state index in [0.29, 0.717) is 5.82 Å². The largest absolute Gasteiger partial charge is 0.450 e. The summed E-state index contributed by atoms with van der Waals surface area (Å²) in [7, 11) is 0. The van der Waals surface area contributed by atoms with Gasteiger partial charge in [-0.3, -0.25) is 4.79 Å². The Labute approximate surface area is 102 Å². The van der Waals surface area contributed by atoms with Gasteiger partial charge in [0.25, 0.3) is 0 Å². The van der Waals surface area contributed by atoms with E-state index in [0.717, 1.165) is 32.1 Å². The SMILES string of the molecule is O=C(Cc1nc(C2CCCCC2)no1)C(F)(F)F. The summed E-state index contributed by atoms with van der Waals surface area (Å²) in [4.78, 5) is 14.7. The molecule has 0 radical (unpaired) electrons. The highest BCUT2D eigenvalue weighted by molar-refractivity contribution is 5.85. The number of aromatic nitrogens is 2. The molecule has 1 heterocycles. The number of carbonyl (C=O) groups is 1. The van der Waals surface area contributed by atoms with Crippen molar-refractivity contribution in [3.05, 3.63) is 11.7 Å². The Hall–Kier alpha value is -1.40. The van der Waals surface area contributed by atoms with Crippen LogP contribution in [0.15, 0.2) is 4.52 Å². The molecule has 4 nitrogen and oxygen atoms in total. The minimum Gasteiger partial charge on any atom is -0.339 e. The molecular weight excluding hydrogens is 249 g/mol. The van der Waals surface area contributed by atoms with Gasteiger partial charge in [-0.05, 0) is 12.8 Å². The van der Waals surface area contributed by atoms with E-state index in [2.05, 4.69) is 10.1 Å². The molecule has 18 heavy (non-hydrogen) atoms. The summed E-state index contributed by atoms with van der Waals surface area (Å²) in [5.74, 6) is -1.53. The van der Waals surface area contributed by atoms with Crippen molar-refractivity contribution in [1.29, 1.82) is 0 Å². The third-order valence-electron chi connectivity index (χ3n) is 3.08. The molecule has 0 amide bonds. The molecule has 100 valence electrons. The lowest BCUT2D eigenvalue weighted by molar-refractivity contribution is -0.170. The van der Waals surface area contributed by atoms with Crippen LogP contribution in [0.3, 0.4) is 0 Å². The predicted molar refractivity (Wildman–Crippen MR) is 54.9 cm³/mol. The molecule has 0 bridgehead atoms. The van der Waals surface area contributed by atoms with Gasteiger partial charge in [-0.2, -0.15) is 18.2 Å². The van der Waals surface area contributed by atoms with Crippen molar-refractivity contribution in [2.45, 2.75) is 50.6 Å². The summed E-state index contributed by atoms with van der Waals surface area (Å²) in [5.41, 5.74) is 0. The summed E-state index contributed by atoms with van der Waals surface area (Å²) >= 11 is 0. The van der Waals surface area contributed by atoms with E-state index in [1.54, 1.807) is 0 Å². The first-order valence-corrected chi connectivity index (χ1v) is 5.89. The van der Waals surface area contributed by atoms with Gasteiger partial charge in [0.15, 0.2) is 5.82 Å². The zero-order valence-electron chi connectivity index (χ0n) is 9.66. The third-order valence-corrected chi connectivity index (χ3v) is 3.08. The molecule has 2 rings (SSSR count). The summed E-state index contributed by atoms with van der Waals surface area (Å²) in [6, 6.07) is 0. The van der Waals surface area contributed by atoms with Crippen LogP contribution < -0.4 is 0 Å². The second-order valence-corrected chi connectivity index (χ2v) is 4.48. The highest BCUT2D eigenvalue weighted by Gasteiger charge is 2.39. The minimum absolute atomic E-state index is 0.150. The lowest BCUT2D eigenvalue weighted by Gasteiger charge is -2.17. The molecule has 1 saturated carbocycles. The fourth-order valence-electron chi connectivity index (χ4n) is 2.10. The maximum absolute atomic E-state index is 12.1. The quantitative estimate of drug-likeness (QED) is 0.840. The van der Waals surface area contributed by atoms with Crippen molar-refractivity contribution in [3.8, 4) is 0 Å². The Morgan fingerprint density at radius 3 is 2.56 bits per heavy atom. The van der Waals surface area contributed by atoms with E-state index in [-0.39, 0.29) is 11.8 Å². The average molecular weight is 262 g/mol. The zero-order valence-corrected chi connectivity index (χ0v) is 9.66. The molecular formula is C11H13F3N2O2. The van der Waals surface area contributed by atoms with Gasteiger partial charge in [-0.15, -0.1) is 0 Å². The smallest absolute Gasteiger partial charge is 0.339 e. The molecule has 0 atom stereocenters. The standard InChI is InChI=1S/C11H13F3N2O2/c12-11(13,14)8(17)6-9-15-10(16-18-9)7-4-2-1-3-5-7/h7H,1-6H2. The van der Waals surface area contributed by atoms with Gasteiger partial charge >= 0.3 is 6.18 Å². The first-order valence-electron chi connectivity index (χ1n) is 5.89. The summed E-state index contributed by atoms with van der Waals surface area (Å²) in [5, 5.41) is 3.67. The number of alkyl halides is 3. The van der Waals surface area contributed by atoms with Crippen molar-refractivity contribution in [1.82, 2.24) is 10.1 Å². The lowest BCUT2D eigenvalue weighted by Crippen LogP contribution is -2.24. The van der Waals surface area contributed by atoms with Crippen LogP contribution >= 0.6 is 0 Å². The third kappa shape index (κ3) is 3.08. The Morgan fingerprint density at radius 1 is 1.28 bits per heavy atom. The second-order valence-electron chi connectivity index (χ2n) is 4.48. The van der Waals surface area contributed by atoms with Crippen molar-refractivity contribution in [2.24, 2.45) is 0 Å². The molecule has 1 fully saturated rings. The number of halogens is 3. The van der Waals surface area contributed by atoms with Crippen LogP contribution in [-0.4, -0.2) is 22.1 Å². The fourth-order valence-corrected chi connectivity index (χ4v) is 2.10. The van der Waals surface area contributed by atoms with E-state index in [9.17, 15) is 18.0 Å². The van der Waals surface area contributed by atoms with Crippen LogP contribution in [0.5, 0.6) is 0 Å². The molecule has 7 heteroatoms. The van der Waals surface area contributed by atoms with Gasteiger partial charge in [0.2, 0.25) is 11.7 Å². The Bertz CT molecular complexity index is 422. The maximum Gasteiger partial charge on any atom is 0.450 e. The van der Waals surface area contributed by atoms with Gasteiger partial charge < -0.3 is 4.52 Å². The van der Waals surface area contributed by atoms with Gasteiger partial charge in [0.05, 0.1) is 6.42 Å². The molecule has 0 spiro atoms. The van der Waals surface area contributed by atoms with Gasteiger partial charge in [-0.1, -0.05) is 24.4 Å². The number of ketones is 1. The molecule has 1 aromatic heterocycles. The molecule has 0 unspecified atom stereocenters. The van der Waals surface area contributed by atoms with Gasteiger partial charge in [0.1, 0.15) is 0 Å². The van der Waals surface area contributed by atoms with Gasteiger partial charge in [0, 0.05) is 5.92 Å². The second kappa shape index (κ2) is 5.07. The molecule has 1 aromatic rings. The number of nitrogens with zero attached hydrogens (tertiary/aromatic N) is 2. The summed E-state index contributed by atoms with van der Waals surface area (Å²) in [6.45, 7) is 0. The fraction of sp³-hybridized carbons (Fsp3) is 0.727. The van der Waals surface area contributed by atoms with Crippen LogP contribution in [0.1, 0.15) is 49.7 Å². The van der Waals surface area contributed by atoms with Crippen molar-refractivity contribution in [3.63, 3.8) is 0 Å². The summed E-state index contributed by atoms with van der Waals surface area (Å²) < 4.78 is 40.9. The Morgan fingerprint density at radius 2 is 1.94 bits per heavy atom. The summed E-state index contributed by atoms with van der Waals surface area (Å²) in [6.07, 6.45) is -0.582. The first-order chi connectivity index (χ1) is 8.47. The van der Waals surface area contributed by atoms with Crippen molar-refractivity contribution >= 4 is 5.78 Å². The van der Waals surface area contributed by atoms with E-state index in [1.165, 1.54) is 0 Å². The van der Waals surface area contributed by atoms with Crippen molar-refractivity contribution in [2.75, 3.05) is 0 Å². The Balaban J connectivity index is 1.99. The number of hydrogen-bond donors (Lipinski definition) is 0. The average Bonchev–Trinajstić information content (AvgIpc) is 2.77. The number of carbonyl (C=O) groups excluding carboxylic acids is 1. The predicted octanol–water partition coefficient (Wildman–Crippen LogP) is 2.79. The molecule has 0 N–H and O–H groups in total. The molecule has 0 aromatic carbocycles. The molecule has 0 aliphatic heterocycles. The van der Waals surface area contributed by atoms with Crippen LogP contribution in [-0.2, 0) is 11.2 Å². The molecule has 1 aliphatic rings. The van der Waals surface area contributed by atoms with E-state index < -0.39 is 18.4 Å². The Kier molecular flexibility index (Phi) is 3.68. The minimum atomic E-state index is -4.85. The van der Waals surface area contributed by atoms with Crippen LogP contribution in [0, 0.1) is 0 Å². The van der Waals surface area contributed by atoms with Crippen LogP contribution in [0.2, 0.25) is 0 Å². The monoisotopic (exact) mass is 262 g/mol. The number of hydrogen-bond acceptors (Lipinski definition) is 4. The van der Waals surface area contributed by atoms with E-state index >= 15 is 0 Å². The maximum atomic E-state index is 12.1. The normalized spacial score (nSPS) is 17.9. The first kappa shape index (κ1) is 13.0. The lowest BCUT2D eigenvalue weighted by atomic mass is 9.89. The molecule has 0 saturated heterocycles. The zero-order chi connectivity index (χ0) is 13.2. The van der Waals surface area contributed by atoms with Crippen LogP contribution in [0.4, 0.5) is 13.2 Å². The highest BCUT2D eigenvalue weighted by atomic mass is 19.4. The number of rotatable bonds is 3. The number of Topliss-reactive ketones (excluding diaryl/α,β-unsaturated/α-hetero) is 1. The van der Waals surface area contributed by atoms with E-state index in [1.807, 2.05) is 0 Å².